The summed E-state index contributed by atoms with van der Waals surface area (Å²) in [5, 5.41) is 0. The van der Waals surface area contributed by atoms with Crippen LogP contribution >= 0.6 is 15.9 Å². The first-order valence-electron chi connectivity index (χ1n) is 11.6. The summed E-state index contributed by atoms with van der Waals surface area (Å²) < 4.78 is 12.3. The van der Waals surface area contributed by atoms with E-state index in [2.05, 4.69) is 40.2 Å². The van der Waals surface area contributed by atoms with Gasteiger partial charge >= 0.3 is 12.2 Å². The number of piperidine rings is 1. The highest BCUT2D eigenvalue weighted by Gasteiger charge is 2.46. The topological polar surface area (TPSA) is 59.1 Å². The van der Waals surface area contributed by atoms with Crippen LogP contribution in [0.1, 0.15) is 72.3 Å². The standard InChI is InChI=1S/C25H37BrN2O4/c1-24(2,3)31-22(29)27-13-11-17(12-14-27)16-28(23(30)32-25(4,5)6)21-15-20(21)18-7-9-19(26)10-8-18/h7-10,17,20-21H,11-16H2,1-6H3/t20-,21+/m0/s1. The third kappa shape index (κ3) is 7.12. The summed E-state index contributed by atoms with van der Waals surface area (Å²) in [7, 11) is 0. The summed E-state index contributed by atoms with van der Waals surface area (Å²) in [6.45, 7) is 13.3. The minimum atomic E-state index is -0.530. The quantitative estimate of drug-likeness (QED) is 0.486. The van der Waals surface area contributed by atoms with Crippen LogP contribution in [-0.4, -0.2) is 58.9 Å². The van der Waals surface area contributed by atoms with E-state index in [1.54, 1.807) is 4.90 Å². The first kappa shape index (κ1) is 24.9. The van der Waals surface area contributed by atoms with Crippen molar-refractivity contribution in [2.75, 3.05) is 19.6 Å². The summed E-state index contributed by atoms with van der Waals surface area (Å²) in [4.78, 5) is 29.2. The van der Waals surface area contributed by atoms with Crippen LogP contribution in [0.4, 0.5) is 9.59 Å². The van der Waals surface area contributed by atoms with Crippen LogP contribution in [0.15, 0.2) is 28.7 Å². The molecule has 178 valence electrons. The van der Waals surface area contributed by atoms with Gasteiger partial charge in [0.1, 0.15) is 11.2 Å². The largest absolute Gasteiger partial charge is 0.444 e. The second-order valence-electron chi connectivity index (χ2n) is 11.0. The Balaban J connectivity index is 1.62. The predicted molar refractivity (Wildman–Crippen MR) is 129 cm³/mol. The molecule has 1 saturated carbocycles. The van der Waals surface area contributed by atoms with Gasteiger partial charge in [-0.3, -0.25) is 0 Å². The van der Waals surface area contributed by atoms with Crippen molar-refractivity contribution in [1.29, 1.82) is 0 Å². The zero-order valence-electron chi connectivity index (χ0n) is 20.2. The maximum absolute atomic E-state index is 13.1. The number of hydrogen-bond donors (Lipinski definition) is 0. The van der Waals surface area contributed by atoms with Gasteiger partial charge in [-0.1, -0.05) is 28.1 Å². The van der Waals surface area contributed by atoms with E-state index in [0.717, 1.165) is 23.7 Å². The van der Waals surface area contributed by atoms with Crippen molar-refractivity contribution in [3.8, 4) is 0 Å². The number of likely N-dealkylation sites (tertiary alicyclic amines) is 1. The average molecular weight is 509 g/mol. The third-order valence-electron chi connectivity index (χ3n) is 5.80. The monoisotopic (exact) mass is 508 g/mol. The van der Waals surface area contributed by atoms with Gasteiger partial charge in [0.15, 0.2) is 0 Å². The van der Waals surface area contributed by atoms with Crippen LogP contribution in [0, 0.1) is 5.92 Å². The molecule has 3 rings (SSSR count). The molecule has 1 aromatic carbocycles. The number of hydrogen-bond acceptors (Lipinski definition) is 4. The normalized spacial score (nSPS) is 21.8. The second kappa shape index (κ2) is 9.62. The maximum Gasteiger partial charge on any atom is 0.410 e. The Morgan fingerprint density at radius 3 is 2.09 bits per heavy atom. The number of benzene rings is 1. The van der Waals surface area contributed by atoms with Gasteiger partial charge in [-0.2, -0.15) is 0 Å². The minimum Gasteiger partial charge on any atom is -0.444 e. The molecule has 0 radical (unpaired) electrons. The molecule has 2 aliphatic rings. The second-order valence-corrected chi connectivity index (χ2v) is 11.9. The van der Waals surface area contributed by atoms with E-state index in [-0.39, 0.29) is 18.2 Å². The van der Waals surface area contributed by atoms with Gasteiger partial charge < -0.3 is 19.3 Å². The lowest BCUT2D eigenvalue weighted by Gasteiger charge is -2.36. The Hall–Kier alpha value is -1.76. The van der Waals surface area contributed by atoms with Crippen LogP contribution in [0.3, 0.4) is 0 Å². The number of carbonyl (C=O) groups excluding carboxylic acids is 2. The van der Waals surface area contributed by atoms with Gasteiger partial charge in [-0.05, 0) is 84.4 Å². The molecule has 2 fully saturated rings. The van der Waals surface area contributed by atoms with Crippen molar-refractivity contribution in [2.45, 2.75) is 84.0 Å². The van der Waals surface area contributed by atoms with Gasteiger partial charge in [0.05, 0.1) is 0 Å². The van der Waals surface area contributed by atoms with Gasteiger partial charge in [-0.15, -0.1) is 0 Å². The van der Waals surface area contributed by atoms with E-state index >= 15 is 0 Å². The molecule has 1 aromatic rings. The molecule has 1 aliphatic heterocycles. The lowest BCUT2D eigenvalue weighted by molar-refractivity contribution is 0.00849. The molecule has 0 N–H and O–H groups in total. The minimum absolute atomic E-state index is 0.162. The molecule has 0 unspecified atom stereocenters. The van der Waals surface area contributed by atoms with E-state index in [1.165, 1.54) is 5.56 Å². The van der Waals surface area contributed by atoms with Crippen LogP contribution in [0.2, 0.25) is 0 Å². The molecular weight excluding hydrogens is 472 g/mol. The van der Waals surface area contributed by atoms with Gasteiger partial charge in [-0.25, -0.2) is 9.59 Å². The highest BCUT2D eigenvalue weighted by Crippen LogP contribution is 2.46. The van der Waals surface area contributed by atoms with Crippen molar-refractivity contribution >= 4 is 28.1 Å². The number of amides is 2. The Labute approximate surface area is 200 Å². The highest BCUT2D eigenvalue weighted by molar-refractivity contribution is 9.10. The smallest absolute Gasteiger partial charge is 0.410 e. The lowest BCUT2D eigenvalue weighted by Crippen LogP contribution is -2.46. The molecule has 0 aromatic heterocycles. The molecule has 7 heteroatoms. The van der Waals surface area contributed by atoms with Crippen molar-refractivity contribution in [3.05, 3.63) is 34.3 Å². The Morgan fingerprint density at radius 1 is 1.00 bits per heavy atom. The zero-order chi connectivity index (χ0) is 23.7. The van der Waals surface area contributed by atoms with Gasteiger partial charge in [0.2, 0.25) is 0 Å². The number of rotatable bonds is 4. The van der Waals surface area contributed by atoms with E-state index < -0.39 is 11.2 Å². The fourth-order valence-corrected chi connectivity index (χ4v) is 4.43. The summed E-state index contributed by atoms with van der Waals surface area (Å²) in [5.74, 6) is 0.685. The SMILES string of the molecule is CC(C)(C)OC(=O)N1CCC(CN(C(=O)OC(C)(C)C)[C@@H]2C[C@H]2c2ccc(Br)cc2)CC1. The number of halogens is 1. The zero-order valence-corrected chi connectivity index (χ0v) is 21.8. The fourth-order valence-electron chi connectivity index (χ4n) is 4.16. The predicted octanol–water partition coefficient (Wildman–Crippen LogP) is 6.19. The molecule has 1 saturated heterocycles. The lowest BCUT2D eigenvalue weighted by atomic mass is 9.96. The van der Waals surface area contributed by atoms with E-state index in [0.29, 0.717) is 31.5 Å². The van der Waals surface area contributed by atoms with Crippen LogP contribution in [-0.2, 0) is 9.47 Å². The number of nitrogens with zero attached hydrogens (tertiary/aromatic N) is 2. The fraction of sp³-hybridized carbons (Fsp3) is 0.680. The van der Waals surface area contributed by atoms with Crippen LogP contribution in [0.25, 0.3) is 0 Å². The van der Waals surface area contributed by atoms with Crippen LogP contribution < -0.4 is 0 Å². The molecule has 1 aliphatic carbocycles. The Kier molecular flexibility index (Phi) is 7.48. The maximum atomic E-state index is 13.1. The average Bonchev–Trinajstić information content (AvgIpc) is 3.44. The summed E-state index contributed by atoms with van der Waals surface area (Å²) in [5.41, 5.74) is 0.235. The van der Waals surface area contributed by atoms with Crippen molar-refractivity contribution in [1.82, 2.24) is 9.80 Å². The summed E-state index contributed by atoms with van der Waals surface area (Å²) in [6, 6.07) is 8.52. The molecule has 2 amide bonds. The first-order chi connectivity index (χ1) is 14.8. The van der Waals surface area contributed by atoms with E-state index in [4.69, 9.17) is 9.47 Å². The summed E-state index contributed by atoms with van der Waals surface area (Å²) in [6.07, 6.45) is 2.18. The Bertz CT molecular complexity index is 805. The molecule has 0 spiro atoms. The highest BCUT2D eigenvalue weighted by atomic mass is 79.9. The summed E-state index contributed by atoms with van der Waals surface area (Å²) >= 11 is 3.49. The van der Waals surface area contributed by atoms with E-state index in [9.17, 15) is 9.59 Å². The molecular formula is C25H37BrN2O4. The van der Waals surface area contributed by atoms with Gasteiger partial charge in [0, 0.05) is 36.1 Å². The first-order valence-corrected chi connectivity index (χ1v) is 12.3. The van der Waals surface area contributed by atoms with Crippen molar-refractivity contribution in [2.24, 2.45) is 5.92 Å². The number of carbonyl (C=O) groups is 2. The molecule has 0 bridgehead atoms. The van der Waals surface area contributed by atoms with E-state index in [1.807, 2.05) is 46.4 Å². The van der Waals surface area contributed by atoms with Gasteiger partial charge in [0.25, 0.3) is 0 Å². The molecule has 32 heavy (non-hydrogen) atoms. The molecule has 6 nitrogen and oxygen atoms in total. The van der Waals surface area contributed by atoms with Crippen LogP contribution in [0.5, 0.6) is 0 Å². The van der Waals surface area contributed by atoms with Crippen molar-refractivity contribution in [3.63, 3.8) is 0 Å². The van der Waals surface area contributed by atoms with Crippen molar-refractivity contribution < 1.29 is 19.1 Å². The number of ether oxygens (including phenoxy) is 2. The molecule has 2 atom stereocenters. The third-order valence-corrected chi connectivity index (χ3v) is 6.33. The molecule has 1 heterocycles. The Morgan fingerprint density at radius 2 is 1.56 bits per heavy atom.